The first-order valence-corrected chi connectivity index (χ1v) is 10.7. The molecule has 0 unspecified atom stereocenters. The molecule has 140 valence electrons. The van der Waals surface area contributed by atoms with Gasteiger partial charge in [0.25, 0.3) is 0 Å². The SMILES string of the molecule is CCC/C=C(CCC)/C(CCC)=C(/CCC)c1ccc2ccccc2c1. The van der Waals surface area contributed by atoms with Crippen molar-refractivity contribution >= 4 is 16.3 Å². The number of hydrogen-bond donors (Lipinski definition) is 0. The lowest BCUT2D eigenvalue weighted by atomic mass is 9.86. The summed E-state index contributed by atoms with van der Waals surface area (Å²) in [5.74, 6) is 0. The van der Waals surface area contributed by atoms with Gasteiger partial charge in [-0.05, 0) is 64.8 Å². The first-order valence-electron chi connectivity index (χ1n) is 10.7. The fraction of sp³-hybridized carbons (Fsp3) is 0.462. The van der Waals surface area contributed by atoms with Gasteiger partial charge in [0.2, 0.25) is 0 Å². The summed E-state index contributed by atoms with van der Waals surface area (Å²) < 4.78 is 0. The Labute approximate surface area is 161 Å². The Morgan fingerprint density at radius 3 is 2.08 bits per heavy atom. The topological polar surface area (TPSA) is 0 Å². The molecule has 0 bridgehead atoms. The van der Waals surface area contributed by atoms with Gasteiger partial charge in [0.05, 0.1) is 0 Å². The minimum Gasteiger partial charge on any atom is -0.0810 e. The average molecular weight is 349 g/mol. The third-order valence-electron chi connectivity index (χ3n) is 5.05. The van der Waals surface area contributed by atoms with E-state index < -0.39 is 0 Å². The molecule has 0 fully saturated rings. The monoisotopic (exact) mass is 348 g/mol. The van der Waals surface area contributed by atoms with Crippen molar-refractivity contribution in [2.75, 3.05) is 0 Å². The summed E-state index contributed by atoms with van der Waals surface area (Å²) in [7, 11) is 0. The van der Waals surface area contributed by atoms with Gasteiger partial charge in [0.15, 0.2) is 0 Å². The molecule has 0 radical (unpaired) electrons. The molecule has 0 N–H and O–H groups in total. The smallest absolute Gasteiger partial charge is 0.0178 e. The zero-order valence-corrected chi connectivity index (χ0v) is 17.3. The van der Waals surface area contributed by atoms with Crippen LogP contribution in [0, 0.1) is 0 Å². The molecule has 2 rings (SSSR count). The van der Waals surface area contributed by atoms with Gasteiger partial charge in [0, 0.05) is 0 Å². The molecule has 0 heterocycles. The minimum absolute atomic E-state index is 1.17. The minimum atomic E-state index is 1.17. The summed E-state index contributed by atoms with van der Waals surface area (Å²) in [4.78, 5) is 0. The van der Waals surface area contributed by atoms with E-state index in [4.69, 9.17) is 0 Å². The highest BCUT2D eigenvalue weighted by molar-refractivity contribution is 5.87. The zero-order chi connectivity index (χ0) is 18.8. The van der Waals surface area contributed by atoms with Crippen molar-refractivity contribution < 1.29 is 0 Å². The van der Waals surface area contributed by atoms with Crippen LogP contribution in [0.1, 0.15) is 84.6 Å². The molecule has 0 nitrogen and oxygen atoms in total. The number of benzene rings is 2. The number of allylic oxidation sites excluding steroid dienone is 4. The Balaban J connectivity index is 2.60. The first-order chi connectivity index (χ1) is 12.7. The highest BCUT2D eigenvalue weighted by Crippen LogP contribution is 2.34. The first kappa shape index (κ1) is 20.5. The summed E-state index contributed by atoms with van der Waals surface area (Å²) in [6.45, 7) is 9.20. The van der Waals surface area contributed by atoms with Crippen LogP contribution < -0.4 is 0 Å². The summed E-state index contributed by atoms with van der Waals surface area (Å²) in [6, 6.07) is 15.7. The molecular weight excluding hydrogens is 312 g/mol. The molecule has 0 spiro atoms. The highest BCUT2D eigenvalue weighted by atomic mass is 14.2. The lowest BCUT2D eigenvalue weighted by Crippen LogP contribution is -1.98. The van der Waals surface area contributed by atoms with Gasteiger partial charge in [-0.25, -0.2) is 0 Å². The number of fused-ring (bicyclic) bond motifs is 1. The highest BCUT2D eigenvalue weighted by Gasteiger charge is 2.13. The summed E-state index contributed by atoms with van der Waals surface area (Å²) in [5, 5.41) is 2.68. The molecular formula is C26H36. The van der Waals surface area contributed by atoms with Crippen LogP contribution in [-0.4, -0.2) is 0 Å². The van der Waals surface area contributed by atoms with Gasteiger partial charge < -0.3 is 0 Å². The van der Waals surface area contributed by atoms with Crippen LogP contribution >= 0.6 is 0 Å². The van der Waals surface area contributed by atoms with E-state index in [0.717, 1.165) is 0 Å². The van der Waals surface area contributed by atoms with E-state index in [1.165, 1.54) is 67.7 Å². The van der Waals surface area contributed by atoms with E-state index in [-0.39, 0.29) is 0 Å². The van der Waals surface area contributed by atoms with Crippen molar-refractivity contribution in [2.24, 2.45) is 0 Å². The Kier molecular flexibility index (Phi) is 8.68. The molecule has 2 aromatic carbocycles. The van der Waals surface area contributed by atoms with E-state index >= 15 is 0 Å². The third-order valence-corrected chi connectivity index (χ3v) is 5.05. The molecule has 0 aliphatic heterocycles. The van der Waals surface area contributed by atoms with Gasteiger partial charge in [0.1, 0.15) is 0 Å². The molecule has 0 saturated carbocycles. The van der Waals surface area contributed by atoms with Gasteiger partial charge in [-0.15, -0.1) is 0 Å². The lowest BCUT2D eigenvalue weighted by molar-refractivity contribution is 0.831. The Morgan fingerprint density at radius 1 is 0.731 bits per heavy atom. The fourth-order valence-electron chi connectivity index (χ4n) is 3.82. The second kappa shape index (κ2) is 11.0. The number of hydrogen-bond acceptors (Lipinski definition) is 0. The second-order valence-electron chi connectivity index (χ2n) is 7.29. The Morgan fingerprint density at radius 2 is 1.42 bits per heavy atom. The van der Waals surface area contributed by atoms with Crippen molar-refractivity contribution in [1.29, 1.82) is 0 Å². The molecule has 0 aliphatic carbocycles. The maximum Gasteiger partial charge on any atom is -0.0178 e. The zero-order valence-electron chi connectivity index (χ0n) is 17.3. The molecule has 0 aromatic heterocycles. The maximum atomic E-state index is 2.52. The van der Waals surface area contributed by atoms with Gasteiger partial charge in [-0.3, -0.25) is 0 Å². The van der Waals surface area contributed by atoms with E-state index in [1.807, 2.05) is 0 Å². The Hall–Kier alpha value is -1.82. The summed E-state index contributed by atoms with van der Waals surface area (Å²) in [6.07, 6.45) is 12.1. The second-order valence-corrected chi connectivity index (χ2v) is 7.29. The van der Waals surface area contributed by atoms with E-state index in [2.05, 4.69) is 76.2 Å². The van der Waals surface area contributed by atoms with Crippen LogP contribution in [0.25, 0.3) is 16.3 Å². The largest absolute Gasteiger partial charge is 0.0810 e. The molecule has 0 saturated heterocycles. The number of rotatable bonds is 10. The van der Waals surface area contributed by atoms with Crippen molar-refractivity contribution in [3.8, 4) is 0 Å². The standard InChI is InChI=1S/C26H36/c1-5-9-15-22(12-6-2)25(13-7-3)26(14-8-4)24-19-18-21-16-10-11-17-23(21)20-24/h10-11,15-20H,5-9,12-14H2,1-4H3/b22-15+,26-25-. The molecule has 26 heavy (non-hydrogen) atoms. The summed E-state index contributed by atoms with van der Waals surface area (Å²) in [5.41, 5.74) is 6.23. The van der Waals surface area contributed by atoms with Crippen LogP contribution in [0.15, 0.2) is 59.7 Å². The van der Waals surface area contributed by atoms with Crippen LogP contribution in [0.3, 0.4) is 0 Å². The van der Waals surface area contributed by atoms with Gasteiger partial charge in [-0.2, -0.15) is 0 Å². The van der Waals surface area contributed by atoms with E-state index in [1.54, 1.807) is 16.7 Å². The van der Waals surface area contributed by atoms with Crippen LogP contribution in [-0.2, 0) is 0 Å². The predicted molar refractivity (Wildman–Crippen MR) is 119 cm³/mol. The fourth-order valence-corrected chi connectivity index (χ4v) is 3.82. The van der Waals surface area contributed by atoms with Crippen molar-refractivity contribution in [3.05, 3.63) is 65.3 Å². The molecule has 0 atom stereocenters. The lowest BCUT2D eigenvalue weighted by Gasteiger charge is -2.19. The predicted octanol–water partition coefficient (Wildman–Crippen LogP) is 8.72. The van der Waals surface area contributed by atoms with Crippen LogP contribution in [0.5, 0.6) is 0 Å². The molecule has 0 heteroatoms. The normalized spacial score (nSPS) is 13.2. The van der Waals surface area contributed by atoms with Crippen molar-refractivity contribution in [2.45, 2.75) is 79.1 Å². The van der Waals surface area contributed by atoms with Crippen molar-refractivity contribution in [3.63, 3.8) is 0 Å². The van der Waals surface area contributed by atoms with E-state index in [0.29, 0.717) is 0 Å². The van der Waals surface area contributed by atoms with Crippen molar-refractivity contribution in [1.82, 2.24) is 0 Å². The molecule has 2 aromatic rings. The van der Waals surface area contributed by atoms with Gasteiger partial charge in [-0.1, -0.05) is 95.9 Å². The van der Waals surface area contributed by atoms with Crippen LogP contribution in [0.2, 0.25) is 0 Å². The third kappa shape index (κ3) is 5.34. The average Bonchev–Trinajstić information content (AvgIpc) is 2.67. The number of unbranched alkanes of at least 4 members (excludes halogenated alkanes) is 1. The molecule has 0 amide bonds. The maximum absolute atomic E-state index is 2.52. The van der Waals surface area contributed by atoms with Crippen LogP contribution in [0.4, 0.5) is 0 Å². The quantitative estimate of drug-likeness (QED) is 0.376. The van der Waals surface area contributed by atoms with E-state index in [9.17, 15) is 0 Å². The van der Waals surface area contributed by atoms with Gasteiger partial charge >= 0.3 is 0 Å². The molecule has 0 aliphatic rings. The Bertz CT molecular complexity index is 745. The summed E-state index contributed by atoms with van der Waals surface area (Å²) >= 11 is 0.